The van der Waals surface area contributed by atoms with Crippen molar-refractivity contribution in [2.24, 2.45) is 0 Å². The molecule has 0 unspecified atom stereocenters. The van der Waals surface area contributed by atoms with E-state index in [2.05, 4.69) is 20.8 Å². The van der Waals surface area contributed by atoms with Gasteiger partial charge in [0.05, 0.1) is 19.4 Å². The van der Waals surface area contributed by atoms with E-state index < -0.39 is 0 Å². The fourth-order valence-corrected chi connectivity index (χ4v) is 3.73. The van der Waals surface area contributed by atoms with Crippen LogP contribution in [0.2, 0.25) is 0 Å². The molecule has 0 aromatic rings. The first-order chi connectivity index (χ1) is 14.6. The van der Waals surface area contributed by atoms with E-state index in [0.29, 0.717) is 6.61 Å². The molecule has 0 aliphatic carbocycles. The van der Waals surface area contributed by atoms with Crippen molar-refractivity contribution < 1.29 is 19.1 Å². The predicted octanol–water partition coefficient (Wildman–Crippen LogP) is 7.91. The summed E-state index contributed by atoms with van der Waals surface area (Å²) in [7, 11) is 0. The van der Waals surface area contributed by atoms with Gasteiger partial charge in [0.15, 0.2) is 0 Å². The van der Waals surface area contributed by atoms with E-state index in [-0.39, 0.29) is 30.9 Å². The van der Waals surface area contributed by atoms with Crippen LogP contribution in [0, 0.1) is 0 Å². The molecule has 4 nitrogen and oxygen atoms in total. The van der Waals surface area contributed by atoms with E-state index in [1.165, 1.54) is 70.6 Å². The third kappa shape index (κ3) is 20.2. The Bertz CT molecular complexity index is 388. The number of unbranched alkanes of at least 4 members (excludes halogenated alkanes) is 12. The lowest BCUT2D eigenvalue weighted by Gasteiger charge is -2.16. The minimum atomic E-state index is -0.284. The summed E-state index contributed by atoms with van der Waals surface area (Å²) >= 11 is 0. The minimum absolute atomic E-state index is 0.00526. The van der Waals surface area contributed by atoms with Crippen molar-refractivity contribution in [3.63, 3.8) is 0 Å². The normalized spacial score (nSPS) is 11.1. The summed E-state index contributed by atoms with van der Waals surface area (Å²) in [5.41, 5.74) is 0. The van der Waals surface area contributed by atoms with Crippen LogP contribution in [0.15, 0.2) is 0 Å². The van der Waals surface area contributed by atoms with E-state index >= 15 is 0 Å². The maximum Gasteiger partial charge on any atom is 0.306 e. The van der Waals surface area contributed by atoms with E-state index in [1.807, 2.05) is 0 Å². The molecule has 4 heteroatoms. The van der Waals surface area contributed by atoms with Gasteiger partial charge in [0.2, 0.25) is 0 Å². The number of ether oxygens (including phenoxy) is 2. The molecule has 0 atom stereocenters. The van der Waals surface area contributed by atoms with Crippen LogP contribution < -0.4 is 0 Å². The van der Waals surface area contributed by atoms with Gasteiger partial charge in [-0.3, -0.25) is 9.59 Å². The molecule has 0 aromatic heterocycles. The first-order valence-corrected chi connectivity index (χ1v) is 13.0. The lowest BCUT2D eigenvalue weighted by molar-refractivity contribution is -0.154. The number of esters is 2. The molecule has 0 saturated heterocycles. The standard InChI is InChI=1S/C26H50O4/c1-4-7-8-9-10-11-12-13-14-15-16-17-18-23-29-25(27)21-22-26(28)30-24(19-5-2)20-6-3/h24H,4-23H2,1-3H3. The Morgan fingerprint density at radius 2 is 1.00 bits per heavy atom. The highest BCUT2D eigenvalue weighted by Gasteiger charge is 2.14. The average molecular weight is 427 g/mol. The predicted molar refractivity (Wildman–Crippen MR) is 126 cm³/mol. The Morgan fingerprint density at radius 3 is 1.47 bits per heavy atom. The van der Waals surface area contributed by atoms with Crippen LogP contribution in [0.25, 0.3) is 0 Å². The average Bonchev–Trinajstić information content (AvgIpc) is 2.73. The van der Waals surface area contributed by atoms with Crippen LogP contribution in [0.1, 0.15) is 143 Å². The van der Waals surface area contributed by atoms with Gasteiger partial charge in [-0.1, -0.05) is 111 Å². The molecule has 0 amide bonds. The fraction of sp³-hybridized carbons (Fsp3) is 0.923. The van der Waals surface area contributed by atoms with E-state index in [9.17, 15) is 9.59 Å². The summed E-state index contributed by atoms with van der Waals surface area (Å²) in [6.07, 6.45) is 21.0. The highest BCUT2D eigenvalue weighted by Crippen LogP contribution is 2.13. The van der Waals surface area contributed by atoms with Crippen molar-refractivity contribution in [3.8, 4) is 0 Å². The second-order valence-corrected chi connectivity index (χ2v) is 8.65. The molecule has 0 radical (unpaired) electrons. The largest absolute Gasteiger partial charge is 0.466 e. The van der Waals surface area contributed by atoms with Gasteiger partial charge < -0.3 is 9.47 Å². The summed E-state index contributed by atoms with van der Waals surface area (Å²) < 4.78 is 10.7. The summed E-state index contributed by atoms with van der Waals surface area (Å²) in [5.74, 6) is -0.562. The van der Waals surface area contributed by atoms with Gasteiger partial charge in [0.25, 0.3) is 0 Å². The zero-order valence-corrected chi connectivity index (χ0v) is 20.4. The molecular formula is C26H50O4. The smallest absolute Gasteiger partial charge is 0.306 e. The second kappa shape index (κ2) is 22.6. The summed E-state index contributed by atoms with van der Waals surface area (Å²) in [6.45, 7) is 6.91. The van der Waals surface area contributed by atoms with Crippen LogP contribution in [0.4, 0.5) is 0 Å². The van der Waals surface area contributed by atoms with Crippen LogP contribution in [-0.4, -0.2) is 24.6 Å². The van der Waals surface area contributed by atoms with Crippen LogP contribution in [0.5, 0.6) is 0 Å². The molecule has 0 aromatic carbocycles. The molecule has 0 heterocycles. The van der Waals surface area contributed by atoms with Gasteiger partial charge in [-0.2, -0.15) is 0 Å². The summed E-state index contributed by atoms with van der Waals surface area (Å²) in [4.78, 5) is 23.7. The highest BCUT2D eigenvalue weighted by atomic mass is 16.5. The molecule has 30 heavy (non-hydrogen) atoms. The van der Waals surface area contributed by atoms with Gasteiger partial charge in [-0.25, -0.2) is 0 Å². The Balaban J connectivity index is 3.44. The number of hydrogen-bond acceptors (Lipinski definition) is 4. The number of rotatable bonds is 22. The number of carbonyl (C=O) groups excluding carboxylic acids is 2. The van der Waals surface area contributed by atoms with Crippen LogP contribution >= 0.6 is 0 Å². The van der Waals surface area contributed by atoms with Crippen molar-refractivity contribution in [1.29, 1.82) is 0 Å². The maximum atomic E-state index is 11.9. The first-order valence-electron chi connectivity index (χ1n) is 13.0. The van der Waals surface area contributed by atoms with Gasteiger partial charge in [0, 0.05) is 0 Å². The van der Waals surface area contributed by atoms with Crippen molar-refractivity contribution in [3.05, 3.63) is 0 Å². The van der Waals surface area contributed by atoms with Crippen molar-refractivity contribution >= 4 is 11.9 Å². The minimum Gasteiger partial charge on any atom is -0.466 e. The molecule has 0 aliphatic heterocycles. The Kier molecular flexibility index (Phi) is 21.8. The lowest BCUT2D eigenvalue weighted by Crippen LogP contribution is -2.19. The Labute approximate surface area is 186 Å². The molecule has 0 saturated carbocycles. The van der Waals surface area contributed by atoms with Gasteiger partial charge in [-0.15, -0.1) is 0 Å². The van der Waals surface area contributed by atoms with Gasteiger partial charge >= 0.3 is 11.9 Å². The van der Waals surface area contributed by atoms with Gasteiger partial charge in [0.1, 0.15) is 6.10 Å². The van der Waals surface area contributed by atoms with Crippen molar-refractivity contribution in [1.82, 2.24) is 0 Å². The lowest BCUT2D eigenvalue weighted by atomic mass is 10.0. The molecule has 0 fully saturated rings. The maximum absolute atomic E-state index is 11.9. The molecule has 178 valence electrons. The first kappa shape index (κ1) is 28.9. The Hall–Kier alpha value is -1.06. The molecular weight excluding hydrogens is 376 g/mol. The van der Waals surface area contributed by atoms with E-state index in [0.717, 1.165) is 38.5 Å². The molecule has 0 bridgehead atoms. The van der Waals surface area contributed by atoms with Crippen LogP contribution in [0.3, 0.4) is 0 Å². The monoisotopic (exact) mass is 426 g/mol. The molecule has 0 aliphatic rings. The van der Waals surface area contributed by atoms with Crippen molar-refractivity contribution in [2.75, 3.05) is 6.61 Å². The highest BCUT2D eigenvalue weighted by molar-refractivity contribution is 5.77. The summed E-state index contributed by atoms with van der Waals surface area (Å²) in [5, 5.41) is 0. The third-order valence-corrected chi connectivity index (χ3v) is 5.56. The number of carbonyl (C=O) groups is 2. The number of hydrogen-bond donors (Lipinski definition) is 0. The van der Waals surface area contributed by atoms with Gasteiger partial charge in [-0.05, 0) is 19.3 Å². The SMILES string of the molecule is CCCCCCCCCCCCCCCOC(=O)CCC(=O)OC(CCC)CCC. The Morgan fingerprint density at radius 1 is 0.567 bits per heavy atom. The quantitative estimate of drug-likeness (QED) is 0.130. The van der Waals surface area contributed by atoms with E-state index in [4.69, 9.17) is 9.47 Å². The topological polar surface area (TPSA) is 52.6 Å². The summed E-state index contributed by atoms with van der Waals surface area (Å²) in [6, 6.07) is 0. The fourth-order valence-electron chi connectivity index (χ4n) is 3.73. The zero-order chi connectivity index (χ0) is 22.3. The zero-order valence-electron chi connectivity index (χ0n) is 20.4. The second-order valence-electron chi connectivity index (χ2n) is 8.65. The van der Waals surface area contributed by atoms with Crippen LogP contribution in [-0.2, 0) is 19.1 Å². The molecule has 0 N–H and O–H groups in total. The van der Waals surface area contributed by atoms with E-state index in [1.54, 1.807) is 0 Å². The molecule has 0 spiro atoms. The van der Waals surface area contributed by atoms with Crippen molar-refractivity contribution in [2.45, 2.75) is 149 Å². The third-order valence-electron chi connectivity index (χ3n) is 5.56. The molecule has 0 rings (SSSR count).